The van der Waals surface area contributed by atoms with Crippen LogP contribution in [0.4, 0.5) is 0 Å². The fourth-order valence-corrected chi connectivity index (χ4v) is 4.20. The van der Waals surface area contributed by atoms with Crippen molar-refractivity contribution in [2.75, 3.05) is 19.6 Å². The predicted octanol–water partition coefficient (Wildman–Crippen LogP) is 4.07. The molecule has 0 saturated carbocycles. The number of rotatable bonds is 20. The van der Waals surface area contributed by atoms with Crippen molar-refractivity contribution in [2.24, 2.45) is 17.8 Å². The van der Waals surface area contributed by atoms with E-state index in [9.17, 15) is 29.7 Å². The van der Waals surface area contributed by atoms with Crippen LogP contribution in [-0.2, 0) is 14.4 Å². The normalized spacial score (nSPS) is 16.4. The Morgan fingerprint density at radius 3 is 1.59 bits per heavy atom. The second-order valence-electron chi connectivity index (χ2n) is 9.02. The molecule has 0 fully saturated rings. The molecule has 0 bridgehead atoms. The average Bonchev–Trinajstić information content (AvgIpc) is 2.75. The lowest BCUT2D eigenvalue weighted by molar-refractivity contribution is -0.887. The largest absolute Gasteiger partial charge is 0.550 e. The summed E-state index contributed by atoms with van der Waals surface area (Å²) in [7, 11) is 0. The maximum Gasteiger partial charge on any atom is 0.312 e. The zero-order valence-corrected chi connectivity index (χ0v) is 20.6. The molecule has 0 aromatic rings. The van der Waals surface area contributed by atoms with Crippen molar-refractivity contribution in [3.05, 3.63) is 12.3 Å². The molecule has 0 radical (unpaired) electrons. The molecule has 0 aliphatic heterocycles. The van der Waals surface area contributed by atoms with Gasteiger partial charge in [-0.15, -0.1) is 0 Å². The lowest BCUT2D eigenvalue weighted by atomic mass is 9.96. The third-order valence-corrected chi connectivity index (χ3v) is 6.41. The topological polar surface area (TPSA) is 115 Å². The van der Waals surface area contributed by atoms with Gasteiger partial charge in [-0.25, -0.2) is 0 Å². The van der Waals surface area contributed by atoms with Gasteiger partial charge in [-0.3, -0.25) is 14.1 Å². The van der Waals surface area contributed by atoms with Crippen molar-refractivity contribution in [2.45, 2.75) is 91.9 Å². The molecule has 7 heteroatoms. The Morgan fingerprint density at radius 2 is 1.19 bits per heavy atom. The van der Waals surface area contributed by atoms with E-state index in [1.807, 2.05) is 12.3 Å². The number of quaternary nitrogens is 1. The highest BCUT2D eigenvalue weighted by Crippen LogP contribution is 2.25. The van der Waals surface area contributed by atoms with Gasteiger partial charge in [0.1, 0.15) is 11.8 Å². The van der Waals surface area contributed by atoms with Crippen molar-refractivity contribution in [3.63, 3.8) is 0 Å². The number of hydrogen-bond donors (Lipinski definition) is 2. The quantitative estimate of drug-likeness (QED) is 0.211. The van der Waals surface area contributed by atoms with Gasteiger partial charge in [0, 0.05) is 5.92 Å². The number of unbranched alkanes of at least 4 members (excludes halogenated alkanes) is 6. The smallest absolute Gasteiger partial charge is 0.312 e. The summed E-state index contributed by atoms with van der Waals surface area (Å²) >= 11 is 0. The van der Waals surface area contributed by atoms with E-state index in [-0.39, 0.29) is 24.1 Å². The molecule has 0 heterocycles. The Balaban J connectivity index is 5.81. The van der Waals surface area contributed by atoms with Crippen molar-refractivity contribution in [1.82, 2.24) is 0 Å². The number of carboxylic acid groups (broad SMARTS) is 3. The van der Waals surface area contributed by atoms with Crippen LogP contribution in [0.25, 0.3) is 0 Å². The summed E-state index contributed by atoms with van der Waals surface area (Å²) in [6, 6.07) is 0. The van der Waals surface area contributed by atoms with Crippen LogP contribution >= 0.6 is 0 Å². The van der Waals surface area contributed by atoms with Gasteiger partial charge in [-0.1, -0.05) is 59.8 Å². The van der Waals surface area contributed by atoms with Crippen LogP contribution in [0.15, 0.2) is 12.3 Å². The molecule has 0 spiro atoms. The predicted molar refractivity (Wildman–Crippen MR) is 124 cm³/mol. The van der Waals surface area contributed by atoms with Gasteiger partial charge in [0.05, 0.1) is 31.8 Å². The first-order chi connectivity index (χ1) is 15.2. The summed E-state index contributed by atoms with van der Waals surface area (Å²) in [4.78, 5) is 35.3. The SMILES string of the molecule is CCCCCCCC/C=C/[N+](CC(CC)C(=O)[O-])(CC(CC)C(=O)O)CC(CC)C(=O)O. The molecule has 7 nitrogen and oxygen atoms in total. The van der Waals surface area contributed by atoms with Crippen molar-refractivity contribution < 1.29 is 34.2 Å². The van der Waals surface area contributed by atoms with Gasteiger partial charge in [0.15, 0.2) is 0 Å². The fraction of sp³-hybridized carbons (Fsp3) is 0.800. The standard InChI is InChI=1S/C25H45NO6/c1-5-9-10-11-12-13-14-15-16-26(17-20(6-2)23(27)28,18-21(7-3)24(29)30)19-22(8-4)25(31)32/h15-16,20-22H,5-14,17-19H2,1-4H3,(H2-,27,28,29,30,31,32)/b16-15+. The zero-order valence-electron chi connectivity index (χ0n) is 20.6. The highest BCUT2D eigenvalue weighted by molar-refractivity contribution is 5.71. The Morgan fingerprint density at radius 1 is 0.750 bits per heavy atom. The minimum Gasteiger partial charge on any atom is -0.550 e. The number of nitrogens with zero attached hydrogens (tertiary/aromatic N) is 1. The monoisotopic (exact) mass is 455 g/mol. The minimum absolute atomic E-state index is 0.0396. The summed E-state index contributed by atoms with van der Waals surface area (Å²) < 4.78 is 0.0396. The number of allylic oxidation sites excluding steroid dienone is 1. The van der Waals surface area contributed by atoms with E-state index >= 15 is 0 Å². The lowest BCUT2D eigenvalue weighted by Gasteiger charge is -2.41. The van der Waals surface area contributed by atoms with E-state index in [0.717, 1.165) is 19.3 Å². The van der Waals surface area contributed by atoms with Crippen LogP contribution in [0, 0.1) is 17.8 Å². The molecule has 32 heavy (non-hydrogen) atoms. The van der Waals surface area contributed by atoms with Crippen LogP contribution in [0.5, 0.6) is 0 Å². The Kier molecular flexibility index (Phi) is 15.7. The number of aliphatic carboxylic acids is 3. The van der Waals surface area contributed by atoms with Gasteiger partial charge in [-0.2, -0.15) is 0 Å². The molecule has 0 aromatic heterocycles. The van der Waals surface area contributed by atoms with Gasteiger partial charge in [0.2, 0.25) is 0 Å². The van der Waals surface area contributed by atoms with Crippen LogP contribution in [-0.4, -0.2) is 52.2 Å². The Labute approximate surface area is 194 Å². The average molecular weight is 456 g/mol. The van der Waals surface area contributed by atoms with E-state index in [2.05, 4.69) is 6.92 Å². The fourth-order valence-electron chi connectivity index (χ4n) is 4.20. The molecule has 0 aromatic carbocycles. The van der Waals surface area contributed by atoms with Crippen molar-refractivity contribution in [3.8, 4) is 0 Å². The Bertz CT molecular complexity index is 529. The molecule has 0 rings (SSSR count). The maximum absolute atomic E-state index is 11.8. The van der Waals surface area contributed by atoms with Crippen LogP contribution in [0.3, 0.4) is 0 Å². The van der Waals surface area contributed by atoms with Crippen molar-refractivity contribution >= 4 is 17.9 Å². The maximum atomic E-state index is 11.8. The van der Waals surface area contributed by atoms with Crippen LogP contribution < -0.4 is 5.11 Å². The zero-order chi connectivity index (χ0) is 24.6. The van der Waals surface area contributed by atoms with E-state index in [1.54, 1.807) is 20.8 Å². The molecular weight excluding hydrogens is 410 g/mol. The molecule has 2 N–H and O–H groups in total. The van der Waals surface area contributed by atoms with E-state index < -0.39 is 35.7 Å². The first kappa shape index (κ1) is 30.1. The molecule has 3 unspecified atom stereocenters. The van der Waals surface area contributed by atoms with Gasteiger partial charge in [0.25, 0.3) is 0 Å². The second-order valence-corrected chi connectivity index (χ2v) is 9.02. The van der Waals surface area contributed by atoms with E-state index in [0.29, 0.717) is 19.3 Å². The van der Waals surface area contributed by atoms with Gasteiger partial charge < -0.3 is 20.1 Å². The molecule has 0 saturated heterocycles. The molecule has 0 amide bonds. The summed E-state index contributed by atoms with van der Waals surface area (Å²) in [5, 5.41) is 31.1. The van der Waals surface area contributed by atoms with Crippen LogP contribution in [0.2, 0.25) is 0 Å². The van der Waals surface area contributed by atoms with Gasteiger partial charge in [-0.05, 0) is 38.2 Å². The third-order valence-electron chi connectivity index (χ3n) is 6.41. The summed E-state index contributed by atoms with van der Waals surface area (Å²) in [5.74, 6) is -5.19. The first-order valence-electron chi connectivity index (χ1n) is 12.4. The molecule has 0 aliphatic carbocycles. The third kappa shape index (κ3) is 11.7. The summed E-state index contributed by atoms with van der Waals surface area (Å²) in [6.07, 6.45) is 12.8. The number of carbonyl (C=O) groups excluding carboxylic acids is 1. The lowest BCUT2D eigenvalue weighted by Crippen LogP contribution is -2.55. The summed E-state index contributed by atoms with van der Waals surface area (Å²) in [6.45, 7) is 8.00. The Hall–Kier alpha value is -1.89. The highest BCUT2D eigenvalue weighted by atomic mass is 16.4. The highest BCUT2D eigenvalue weighted by Gasteiger charge is 2.38. The number of hydrogen-bond acceptors (Lipinski definition) is 4. The number of carbonyl (C=O) groups is 3. The minimum atomic E-state index is -1.17. The second kappa shape index (κ2) is 16.7. The van der Waals surface area contributed by atoms with Gasteiger partial charge >= 0.3 is 11.9 Å². The van der Waals surface area contributed by atoms with Crippen molar-refractivity contribution in [1.29, 1.82) is 0 Å². The molecule has 0 aliphatic rings. The molecule has 3 atom stereocenters. The van der Waals surface area contributed by atoms with Crippen LogP contribution in [0.1, 0.15) is 91.9 Å². The summed E-state index contributed by atoms with van der Waals surface area (Å²) in [5.41, 5.74) is 0. The first-order valence-corrected chi connectivity index (χ1v) is 12.4. The molecular formula is C25H45NO6. The van der Waals surface area contributed by atoms with E-state index in [1.165, 1.54) is 25.7 Å². The molecule has 186 valence electrons. The van der Waals surface area contributed by atoms with E-state index in [4.69, 9.17) is 0 Å². The number of carboxylic acids is 3.